The fourth-order valence-corrected chi connectivity index (χ4v) is 1.94. The Morgan fingerprint density at radius 2 is 2.21 bits per heavy atom. The Kier molecular flexibility index (Phi) is 4.34. The van der Waals surface area contributed by atoms with E-state index in [1.807, 2.05) is 24.3 Å². The van der Waals surface area contributed by atoms with Gasteiger partial charge >= 0.3 is 5.97 Å². The van der Waals surface area contributed by atoms with Gasteiger partial charge in [0, 0.05) is 9.61 Å². The molecule has 0 aliphatic rings. The summed E-state index contributed by atoms with van der Waals surface area (Å²) in [6, 6.07) is 7.46. The number of ether oxygens (including phenoxy) is 1. The molecule has 2 N–H and O–H groups in total. The van der Waals surface area contributed by atoms with Crippen LogP contribution in [0.1, 0.15) is 18.0 Å². The first-order chi connectivity index (χ1) is 6.65. The molecule has 0 aliphatic heterocycles. The van der Waals surface area contributed by atoms with Crippen LogP contribution in [0.5, 0.6) is 0 Å². The third-order valence-electron chi connectivity index (χ3n) is 1.92. The molecule has 76 valence electrons. The Morgan fingerprint density at radius 3 is 2.79 bits per heavy atom. The van der Waals surface area contributed by atoms with Crippen LogP contribution in [0.25, 0.3) is 0 Å². The predicted molar refractivity (Wildman–Crippen MR) is 62.7 cm³/mol. The van der Waals surface area contributed by atoms with Gasteiger partial charge in [0.15, 0.2) is 0 Å². The number of hydrogen-bond donors (Lipinski definition) is 1. The van der Waals surface area contributed by atoms with Gasteiger partial charge in [-0.05, 0) is 34.2 Å². The SMILES string of the molecule is COC(=O)C[C@H](N)c1ccccc1I. The van der Waals surface area contributed by atoms with E-state index in [9.17, 15) is 4.79 Å². The molecule has 0 saturated heterocycles. The first kappa shape index (κ1) is 11.5. The number of carbonyl (C=O) groups is 1. The number of esters is 1. The quantitative estimate of drug-likeness (QED) is 0.685. The summed E-state index contributed by atoms with van der Waals surface area (Å²) >= 11 is 2.20. The van der Waals surface area contributed by atoms with Crippen molar-refractivity contribution in [3.05, 3.63) is 33.4 Å². The van der Waals surface area contributed by atoms with E-state index in [0.717, 1.165) is 9.13 Å². The number of nitrogens with two attached hydrogens (primary N) is 1. The van der Waals surface area contributed by atoms with Crippen molar-refractivity contribution in [3.8, 4) is 0 Å². The zero-order valence-electron chi connectivity index (χ0n) is 7.87. The van der Waals surface area contributed by atoms with E-state index in [-0.39, 0.29) is 18.4 Å². The van der Waals surface area contributed by atoms with Crippen LogP contribution in [-0.4, -0.2) is 13.1 Å². The molecule has 0 unspecified atom stereocenters. The molecule has 1 atom stereocenters. The van der Waals surface area contributed by atoms with Crippen molar-refractivity contribution in [2.45, 2.75) is 12.5 Å². The van der Waals surface area contributed by atoms with Crippen molar-refractivity contribution in [2.24, 2.45) is 5.73 Å². The minimum Gasteiger partial charge on any atom is -0.469 e. The normalized spacial score (nSPS) is 12.2. The summed E-state index contributed by atoms with van der Waals surface area (Å²) in [7, 11) is 1.37. The van der Waals surface area contributed by atoms with Crippen molar-refractivity contribution < 1.29 is 9.53 Å². The molecule has 1 aromatic rings. The monoisotopic (exact) mass is 305 g/mol. The Labute approximate surface area is 96.8 Å². The summed E-state index contributed by atoms with van der Waals surface area (Å²) in [6.45, 7) is 0. The Morgan fingerprint density at radius 1 is 1.57 bits per heavy atom. The zero-order valence-corrected chi connectivity index (χ0v) is 10.0. The van der Waals surface area contributed by atoms with Gasteiger partial charge in [-0.1, -0.05) is 18.2 Å². The van der Waals surface area contributed by atoms with Gasteiger partial charge in [-0.2, -0.15) is 0 Å². The fraction of sp³-hybridized carbons (Fsp3) is 0.300. The molecule has 0 radical (unpaired) electrons. The average Bonchev–Trinajstić information content (AvgIpc) is 2.18. The highest BCUT2D eigenvalue weighted by atomic mass is 127. The lowest BCUT2D eigenvalue weighted by Gasteiger charge is -2.11. The van der Waals surface area contributed by atoms with Crippen LogP contribution in [0.2, 0.25) is 0 Å². The molecule has 4 heteroatoms. The van der Waals surface area contributed by atoms with E-state index in [4.69, 9.17) is 5.73 Å². The maximum Gasteiger partial charge on any atom is 0.307 e. The van der Waals surface area contributed by atoms with Crippen LogP contribution in [0, 0.1) is 3.57 Å². The highest BCUT2D eigenvalue weighted by Gasteiger charge is 2.13. The summed E-state index contributed by atoms with van der Waals surface area (Å²) in [5.74, 6) is -0.280. The fourth-order valence-electron chi connectivity index (χ4n) is 1.15. The number of rotatable bonds is 3. The lowest BCUT2D eigenvalue weighted by molar-refractivity contribution is -0.141. The second kappa shape index (κ2) is 5.31. The maximum absolute atomic E-state index is 11.0. The number of benzene rings is 1. The van der Waals surface area contributed by atoms with Crippen LogP contribution in [0.3, 0.4) is 0 Å². The van der Waals surface area contributed by atoms with Crippen molar-refractivity contribution in [3.63, 3.8) is 0 Å². The third-order valence-corrected chi connectivity index (χ3v) is 2.90. The summed E-state index contributed by atoms with van der Waals surface area (Å²) in [5, 5.41) is 0. The van der Waals surface area contributed by atoms with Crippen molar-refractivity contribution in [1.29, 1.82) is 0 Å². The molecule has 1 rings (SSSR count). The first-order valence-electron chi connectivity index (χ1n) is 4.22. The van der Waals surface area contributed by atoms with Crippen molar-refractivity contribution in [1.82, 2.24) is 0 Å². The summed E-state index contributed by atoms with van der Waals surface area (Å²) in [5.41, 5.74) is 6.85. The summed E-state index contributed by atoms with van der Waals surface area (Å²) in [4.78, 5) is 11.0. The highest BCUT2D eigenvalue weighted by molar-refractivity contribution is 14.1. The third kappa shape index (κ3) is 2.95. The van der Waals surface area contributed by atoms with Crippen molar-refractivity contribution in [2.75, 3.05) is 7.11 Å². The number of carbonyl (C=O) groups excluding carboxylic acids is 1. The van der Waals surface area contributed by atoms with E-state index < -0.39 is 0 Å². The first-order valence-corrected chi connectivity index (χ1v) is 5.30. The molecule has 0 amide bonds. The predicted octanol–water partition coefficient (Wildman–Crippen LogP) is 1.85. The number of hydrogen-bond acceptors (Lipinski definition) is 3. The Hall–Kier alpha value is -0.620. The largest absolute Gasteiger partial charge is 0.469 e. The van der Waals surface area contributed by atoms with Crippen LogP contribution in [0.4, 0.5) is 0 Å². The lowest BCUT2D eigenvalue weighted by Crippen LogP contribution is -2.17. The van der Waals surface area contributed by atoms with Gasteiger partial charge in [0.05, 0.1) is 13.5 Å². The van der Waals surface area contributed by atoms with E-state index in [0.29, 0.717) is 0 Å². The van der Waals surface area contributed by atoms with E-state index in [2.05, 4.69) is 27.3 Å². The Balaban J connectivity index is 2.74. The summed E-state index contributed by atoms with van der Waals surface area (Å²) in [6.07, 6.45) is 0.219. The molecular formula is C10H12INO2. The second-order valence-corrected chi connectivity index (χ2v) is 4.07. The highest BCUT2D eigenvalue weighted by Crippen LogP contribution is 2.20. The van der Waals surface area contributed by atoms with Gasteiger partial charge in [0.25, 0.3) is 0 Å². The van der Waals surface area contributed by atoms with Crippen LogP contribution in [-0.2, 0) is 9.53 Å². The molecule has 14 heavy (non-hydrogen) atoms. The molecular weight excluding hydrogens is 293 g/mol. The van der Waals surface area contributed by atoms with Gasteiger partial charge in [-0.15, -0.1) is 0 Å². The molecule has 0 aliphatic carbocycles. The summed E-state index contributed by atoms with van der Waals surface area (Å²) < 4.78 is 5.63. The number of halogens is 1. The molecule has 0 spiro atoms. The average molecular weight is 305 g/mol. The van der Waals surface area contributed by atoms with Gasteiger partial charge in [0.2, 0.25) is 0 Å². The lowest BCUT2D eigenvalue weighted by atomic mass is 10.1. The van der Waals surface area contributed by atoms with Gasteiger partial charge in [-0.25, -0.2) is 0 Å². The van der Waals surface area contributed by atoms with E-state index in [1.54, 1.807) is 0 Å². The molecule has 0 fully saturated rings. The second-order valence-electron chi connectivity index (χ2n) is 2.91. The Bertz CT molecular complexity index is 328. The number of methoxy groups -OCH3 is 1. The van der Waals surface area contributed by atoms with Gasteiger partial charge in [0.1, 0.15) is 0 Å². The molecule has 1 aromatic carbocycles. The van der Waals surface area contributed by atoms with E-state index >= 15 is 0 Å². The van der Waals surface area contributed by atoms with Gasteiger partial charge in [-0.3, -0.25) is 4.79 Å². The maximum atomic E-state index is 11.0. The topological polar surface area (TPSA) is 52.3 Å². The van der Waals surface area contributed by atoms with E-state index in [1.165, 1.54) is 7.11 Å². The molecule has 0 heterocycles. The van der Waals surface area contributed by atoms with Crippen LogP contribution >= 0.6 is 22.6 Å². The smallest absolute Gasteiger partial charge is 0.307 e. The van der Waals surface area contributed by atoms with Crippen LogP contribution < -0.4 is 5.73 Å². The molecule has 0 aromatic heterocycles. The molecule has 3 nitrogen and oxygen atoms in total. The minimum atomic E-state index is -0.282. The standard InChI is InChI=1S/C10H12INO2/c1-14-10(13)6-9(12)7-4-2-3-5-8(7)11/h2-5,9H,6,12H2,1H3/t9-/m0/s1. The van der Waals surface area contributed by atoms with Crippen LogP contribution in [0.15, 0.2) is 24.3 Å². The molecule has 0 bridgehead atoms. The van der Waals surface area contributed by atoms with Crippen molar-refractivity contribution >= 4 is 28.6 Å². The zero-order chi connectivity index (χ0) is 10.6. The minimum absolute atomic E-state index is 0.219. The van der Waals surface area contributed by atoms with Gasteiger partial charge < -0.3 is 10.5 Å². The molecule has 0 saturated carbocycles.